The minimum atomic E-state index is 0.633. The van der Waals surface area contributed by atoms with Gasteiger partial charge in [-0.2, -0.15) is 0 Å². The molecule has 2 fully saturated rings. The maximum Gasteiger partial charge on any atom is 0.162 e. The number of rotatable bonds is 8. The molecule has 0 spiro atoms. The van der Waals surface area contributed by atoms with E-state index in [-0.39, 0.29) is 0 Å². The van der Waals surface area contributed by atoms with Crippen molar-refractivity contribution in [3.8, 4) is 11.5 Å². The number of morpholine rings is 1. The summed E-state index contributed by atoms with van der Waals surface area (Å²) in [7, 11) is 1.67. The van der Waals surface area contributed by atoms with Crippen molar-refractivity contribution >= 4 is 38.3 Å². The van der Waals surface area contributed by atoms with E-state index in [9.17, 15) is 0 Å². The molecule has 0 aliphatic carbocycles. The summed E-state index contributed by atoms with van der Waals surface area (Å²) in [5.41, 5.74) is 2.11. The summed E-state index contributed by atoms with van der Waals surface area (Å²) in [6.45, 7) is 8.93. The number of ether oxygens (including phenoxy) is 3. The number of anilines is 2. The van der Waals surface area contributed by atoms with E-state index in [1.807, 2.05) is 12.1 Å². The third-order valence-electron chi connectivity index (χ3n) is 6.65. The molecule has 0 bridgehead atoms. The first kappa shape index (κ1) is 24.1. The van der Waals surface area contributed by atoms with E-state index in [0.29, 0.717) is 12.4 Å². The lowest BCUT2D eigenvalue weighted by atomic mass is 10.1. The Labute approximate surface area is 214 Å². The van der Waals surface area contributed by atoms with E-state index in [2.05, 4.69) is 64.9 Å². The highest BCUT2D eigenvalue weighted by molar-refractivity contribution is 9.10. The van der Waals surface area contributed by atoms with Crippen molar-refractivity contribution in [3.63, 3.8) is 0 Å². The quantitative estimate of drug-likeness (QED) is 0.399. The zero-order valence-corrected chi connectivity index (χ0v) is 21.7. The molecule has 3 aromatic rings. The maximum atomic E-state index is 6.19. The van der Waals surface area contributed by atoms with Crippen LogP contribution in [0.1, 0.15) is 6.42 Å². The Hall–Kier alpha value is -2.62. The number of hydrogen-bond donors (Lipinski definition) is 0. The van der Waals surface area contributed by atoms with Crippen LogP contribution in [-0.2, 0) is 4.74 Å². The lowest BCUT2D eigenvalue weighted by Crippen LogP contribution is -2.46. The Morgan fingerprint density at radius 3 is 2.40 bits per heavy atom. The van der Waals surface area contributed by atoms with Crippen molar-refractivity contribution in [1.29, 1.82) is 0 Å². The van der Waals surface area contributed by atoms with Gasteiger partial charge in [-0.3, -0.25) is 4.90 Å². The summed E-state index contributed by atoms with van der Waals surface area (Å²) in [6.07, 6.45) is 2.60. The summed E-state index contributed by atoms with van der Waals surface area (Å²) in [4.78, 5) is 16.4. The molecular weight excluding hydrogens is 510 g/mol. The van der Waals surface area contributed by atoms with Crippen molar-refractivity contribution in [1.82, 2.24) is 14.9 Å². The van der Waals surface area contributed by atoms with E-state index in [4.69, 9.17) is 14.2 Å². The minimum absolute atomic E-state index is 0.633. The van der Waals surface area contributed by atoms with Gasteiger partial charge < -0.3 is 24.0 Å². The van der Waals surface area contributed by atoms with Crippen LogP contribution < -0.4 is 19.3 Å². The molecule has 0 N–H and O–H groups in total. The van der Waals surface area contributed by atoms with Crippen LogP contribution in [0, 0.1) is 0 Å². The molecule has 186 valence electrons. The van der Waals surface area contributed by atoms with Gasteiger partial charge in [-0.05, 0) is 36.8 Å². The number of fused-ring (bicyclic) bond motifs is 1. The van der Waals surface area contributed by atoms with Crippen molar-refractivity contribution in [2.24, 2.45) is 0 Å². The molecule has 0 amide bonds. The number of methoxy groups -OCH3 is 1. The van der Waals surface area contributed by atoms with Crippen molar-refractivity contribution < 1.29 is 14.2 Å². The van der Waals surface area contributed by atoms with Gasteiger partial charge in [0.05, 0.1) is 32.4 Å². The number of nitrogens with zero attached hydrogens (tertiary/aromatic N) is 5. The molecule has 2 aliphatic rings. The number of piperazine rings is 1. The fourth-order valence-corrected chi connectivity index (χ4v) is 4.96. The molecule has 0 unspecified atom stereocenters. The van der Waals surface area contributed by atoms with Crippen LogP contribution in [0.25, 0.3) is 10.9 Å². The van der Waals surface area contributed by atoms with Crippen LogP contribution in [0.15, 0.2) is 47.2 Å². The molecular formula is C26H32BrN5O3. The second kappa shape index (κ2) is 11.4. The lowest BCUT2D eigenvalue weighted by molar-refractivity contribution is 0.0357. The Bertz CT molecular complexity index is 1120. The highest BCUT2D eigenvalue weighted by Gasteiger charge is 2.21. The second-order valence-corrected chi connectivity index (χ2v) is 9.74. The largest absolute Gasteiger partial charge is 0.493 e. The molecule has 9 heteroatoms. The van der Waals surface area contributed by atoms with Gasteiger partial charge in [0.25, 0.3) is 0 Å². The molecule has 2 aromatic carbocycles. The van der Waals surface area contributed by atoms with Gasteiger partial charge in [-0.25, -0.2) is 9.97 Å². The molecule has 3 heterocycles. The lowest BCUT2D eigenvalue weighted by Gasteiger charge is -2.37. The van der Waals surface area contributed by atoms with Crippen molar-refractivity contribution in [2.45, 2.75) is 6.42 Å². The van der Waals surface area contributed by atoms with Gasteiger partial charge in [0.2, 0.25) is 0 Å². The average molecular weight is 542 g/mol. The standard InChI is InChI=1S/C26H32BrN5O3/c1-33-24-18-23-22(17-25(24)35-14-2-7-30-12-15-34-16-13-30)26(29-19-28-23)32-10-8-31(9-11-32)21-5-3-20(27)4-6-21/h3-6,17-19H,2,7-16H2,1H3. The zero-order chi connectivity index (χ0) is 24.0. The van der Waals surface area contributed by atoms with Crippen LogP contribution in [-0.4, -0.2) is 87.6 Å². The van der Waals surface area contributed by atoms with E-state index in [1.165, 1.54) is 5.69 Å². The van der Waals surface area contributed by atoms with E-state index >= 15 is 0 Å². The normalized spacial score (nSPS) is 17.1. The first-order valence-electron chi connectivity index (χ1n) is 12.2. The van der Waals surface area contributed by atoms with Crippen LogP contribution in [0.5, 0.6) is 11.5 Å². The summed E-state index contributed by atoms with van der Waals surface area (Å²) in [5.74, 6) is 2.39. The Balaban J connectivity index is 1.27. The summed E-state index contributed by atoms with van der Waals surface area (Å²) >= 11 is 3.52. The average Bonchev–Trinajstić information content (AvgIpc) is 2.91. The van der Waals surface area contributed by atoms with E-state index in [0.717, 1.165) is 92.4 Å². The smallest absolute Gasteiger partial charge is 0.162 e. The second-order valence-electron chi connectivity index (χ2n) is 8.82. The van der Waals surface area contributed by atoms with Gasteiger partial charge in [0, 0.05) is 67.4 Å². The predicted octanol–water partition coefficient (Wildman–Crippen LogP) is 3.83. The molecule has 0 saturated carbocycles. The van der Waals surface area contributed by atoms with Gasteiger partial charge in [0.15, 0.2) is 11.5 Å². The monoisotopic (exact) mass is 541 g/mol. The minimum Gasteiger partial charge on any atom is -0.493 e. The summed E-state index contributed by atoms with van der Waals surface area (Å²) < 4.78 is 18.3. The number of hydrogen-bond acceptors (Lipinski definition) is 8. The first-order chi connectivity index (χ1) is 17.2. The summed E-state index contributed by atoms with van der Waals surface area (Å²) in [5, 5.41) is 0.994. The van der Waals surface area contributed by atoms with Gasteiger partial charge in [0.1, 0.15) is 12.1 Å². The fraction of sp³-hybridized carbons (Fsp3) is 0.462. The molecule has 35 heavy (non-hydrogen) atoms. The molecule has 2 aliphatic heterocycles. The third kappa shape index (κ3) is 5.79. The summed E-state index contributed by atoms with van der Waals surface area (Å²) in [6, 6.07) is 12.5. The molecule has 0 radical (unpaired) electrons. The SMILES string of the molecule is COc1cc2ncnc(N3CCN(c4ccc(Br)cc4)CC3)c2cc1OCCCN1CCOCC1. The zero-order valence-electron chi connectivity index (χ0n) is 20.2. The van der Waals surface area contributed by atoms with Crippen LogP contribution in [0.3, 0.4) is 0 Å². The Morgan fingerprint density at radius 2 is 1.66 bits per heavy atom. The highest BCUT2D eigenvalue weighted by atomic mass is 79.9. The maximum absolute atomic E-state index is 6.19. The van der Waals surface area contributed by atoms with Crippen LogP contribution in [0.4, 0.5) is 11.5 Å². The van der Waals surface area contributed by atoms with E-state index < -0.39 is 0 Å². The number of benzene rings is 2. The highest BCUT2D eigenvalue weighted by Crippen LogP contribution is 2.35. The number of aromatic nitrogens is 2. The van der Waals surface area contributed by atoms with Crippen molar-refractivity contribution in [2.75, 3.05) is 82.5 Å². The molecule has 2 saturated heterocycles. The number of halogens is 1. The first-order valence-corrected chi connectivity index (χ1v) is 13.0. The Morgan fingerprint density at radius 1 is 0.914 bits per heavy atom. The van der Waals surface area contributed by atoms with Crippen LogP contribution in [0.2, 0.25) is 0 Å². The molecule has 8 nitrogen and oxygen atoms in total. The fourth-order valence-electron chi connectivity index (χ4n) is 4.70. The van der Waals surface area contributed by atoms with Crippen molar-refractivity contribution in [3.05, 3.63) is 47.2 Å². The predicted molar refractivity (Wildman–Crippen MR) is 142 cm³/mol. The molecule has 5 rings (SSSR count). The third-order valence-corrected chi connectivity index (χ3v) is 7.18. The Kier molecular flexibility index (Phi) is 7.85. The van der Waals surface area contributed by atoms with Gasteiger partial charge in [-0.15, -0.1) is 0 Å². The van der Waals surface area contributed by atoms with Crippen LogP contribution >= 0.6 is 15.9 Å². The van der Waals surface area contributed by atoms with Gasteiger partial charge >= 0.3 is 0 Å². The van der Waals surface area contributed by atoms with E-state index in [1.54, 1.807) is 13.4 Å². The molecule has 0 atom stereocenters. The molecule has 1 aromatic heterocycles. The topological polar surface area (TPSA) is 63.2 Å². The van der Waals surface area contributed by atoms with Gasteiger partial charge in [-0.1, -0.05) is 15.9 Å².